The summed E-state index contributed by atoms with van der Waals surface area (Å²) in [5.41, 5.74) is 4.56. The van der Waals surface area contributed by atoms with Gasteiger partial charge in [-0.25, -0.2) is 4.98 Å². The molecule has 29 heavy (non-hydrogen) atoms. The second kappa shape index (κ2) is 7.97. The first-order valence-electron chi connectivity index (χ1n) is 9.50. The minimum atomic E-state index is -0.131. The van der Waals surface area contributed by atoms with Crippen molar-refractivity contribution in [3.8, 4) is 5.13 Å². The molecule has 0 atom stereocenters. The largest absolute Gasteiger partial charge is 0.292 e. The summed E-state index contributed by atoms with van der Waals surface area (Å²) >= 11 is 7.72. The van der Waals surface area contributed by atoms with Gasteiger partial charge in [-0.2, -0.15) is 4.68 Å². The average molecular weight is 425 g/mol. The first kappa shape index (κ1) is 19.6. The Balaban J connectivity index is 1.85. The van der Waals surface area contributed by atoms with Gasteiger partial charge in [0.25, 0.3) is 5.56 Å². The van der Waals surface area contributed by atoms with Crippen LogP contribution in [0.4, 0.5) is 5.69 Å². The number of para-hydroxylation sites is 1. The van der Waals surface area contributed by atoms with Gasteiger partial charge in [0.05, 0.1) is 27.2 Å². The molecule has 1 N–H and O–H groups in total. The van der Waals surface area contributed by atoms with E-state index in [0.29, 0.717) is 21.4 Å². The fraction of sp³-hybridized carbons (Fsp3) is 0.227. The van der Waals surface area contributed by atoms with Crippen molar-refractivity contribution >= 4 is 44.6 Å². The molecule has 0 aliphatic carbocycles. The number of aliphatic imine (C=N–C) groups is 1. The molecule has 0 unspecified atom stereocenters. The van der Waals surface area contributed by atoms with E-state index in [-0.39, 0.29) is 5.56 Å². The summed E-state index contributed by atoms with van der Waals surface area (Å²) in [7, 11) is 0. The minimum absolute atomic E-state index is 0.131. The maximum absolute atomic E-state index is 13.3. The van der Waals surface area contributed by atoms with Crippen LogP contribution < -0.4 is 5.56 Å². The number of nitrogens with one attached hydrogen (secondary N) is 1. The van der Waals surface area contributed by atoms with Crippen LogP contribution in [0.3, 0.4) is 0 Å². The van der Waals surface area contributed by atoms with E-state index in [1.165, 1.54) is 16.0 Å². The quantitative estimate of drug-likeness (QED) is 0.409. The van der Waals surface area contributed by atoms with Crippen molar-refractivity contribution in [2.45, 2.75) is 33.6 Å². The lowest BCUT2D eigenvalue weighted by atomic mass is 10.1. The average Bonchev–Trinajstić information content (AvgIpc) is 3.26. The number of halogens is 1. The number of aromatic amines is 1. The molecule has 2 aromatic heterocycles. The van der Waals surface area contributed by atoms with Crippen LogP contribution in [0.2, 0.25) is 5.02 Å². The second-order valence-electron chi connectivity index (χ2n) is 6.90. The maximum atomic E-state index is 13.3. The number of benzene rings is 2. The number of fused-ring (bicyclic) bond motifs is 1. The van der Waals surface area contributed by atoms with Crippen LogP contribution in [0.15, 0.2) is 52.3 Å². The predicted octanol–water partition coefficient (Wildman–Crippen LogP) is 5.83. The highest BCUT2D eigenvalue weighted by molar-refractivity contribution is 7.20. The Morgan fingerprint density at radius 1 is 1.24 bits per heavy atom. The van der Waals surface area contributed by atoms with E-state index < -0.39 is 0 Å². The Labute approximate surface area is 177 Å². The molecular weight excluding hydrogens is 404 g/mol. The molecule has 0 aliphatic rings. The molecule has 148 valence electrons. The zero-order chi connectivity index (χ0) is 20.5. The van der Waals surface area contributed by atoms with Crippen molar-refractivity contribution in [2.24, 2.45) is 4.99 Å². The molecule has 0 radical (unpaired) electrons. The second-order valence-corrected chi connectivity index (χ2v) is 8.32. The zero-order valence-corrected chi connectivity index (χ0v) is 18.1. The summed E-state index contributed by atoms with van der Waals surface area (Å²) in [5.74, 6) is 0. The lowest BCUT2D eigenvalue weighted by Gasteiger charge is -2.05. The van der Waals surface area contributed by atoms with Crippen LogP contribution in [0, 0.1) is 6.92 Å². The zero-order valence-electron chi connectivity index (χ0n) is 16.5. The van der Waals surface area contributed by atoms with Gasteiger partial charge in [-0.15, -0.1) is 0 Å². The summed E-state index contributed by atoms with van der Waals surface area (Å²) < 4.78 is 2.58. The number of rotatable bonds is 5. The van der Waals surface area contributed by atoms with E-state index in [0.717, 1.165) is 40.0 Å². The summed E-state index contributed by atoms with van der Waals surface area (Å²) in [6, 6.07) is 13.5. The van der Waals surface area contributed by atoms with Gasteiger partial charge >= 0.3 is 0 Å². The Morgan fingerprint density at radius 2 is 2.03 bits per heavy atom. The molecular formula is C22H21ClN4OS. The SMILES string of the molecule is CCCc1[nH]n(-c2nc3ccccc3s2)c(=O)c1C(C)=Nc1cccc(Cl)c1C. The molecule has 4 rings (SSSR count). The van der Waals surface area contributed by atoms with Gasteiger partial charge in [0.2, 0.25) is 5.13 Å². The Hall–Kier alpha value is -2.70. The lowest BCUT2D eigenvalue weighted by molar-refractivity contribution is 0.790. The molecule has 0 spiro atoms. The summed E-state index contributed by atoms with van der Waals surface area (Å²) in [5, 5.41) is 4.56. The van der Waals surface area contributed by atoms with Gasteiger partial charge in [0.15, 0.2) is 0 Å². The van der Waals surface area contributed by atoms with Gasteiger partial charge in [-0.1, -0.05) is 54.5 Å². The maximum Gasteiger partial charge on any atom is 0.282 e. The molecule has 0 amide bonds. The van der Waals surface area contributed by atoms with E-state index in [2.05, 4.69) is 17.0 Å². The van der Waals surface area contributed by atoms with Crippen molar-refractivity contribution in [1.29, 1.82) is 0 Å². The van der Waals surface area contributed by atoms with Crippen molar-refractivity contribution in [2.75, 3.05) is 0 Å². The summed E-state index contributed by atoms with van der Waals surface area (Å²) in [4.78, 5) is 22.7. The molecule has 0 aliphatic heterocycles. The number of H-pyrrole nitrogens is 1. The van der Waals surface area contributed by atoms with Crippen molar-refractivity contribution in [1.82, 2.24) is 14.8 Å². The van der Waals surface area contributed by atoms with Crippen LogP contribution in [0.1, 0.15) is 37.1 Å². The van der Waals surface area contributed by atoms with Crippen LogP contribution in [-0.2, 0) is 6.42 Å². The number of hydrogen-bond acceptors (Lipinski definition) is 4. The predicted molar refractivity (Wildman–Crippen MR) is 122 cm³/mol. The third kappa shape index (κ3) is 3.66. The molecule has 0 saturated heterocycles. The smallest absolute Gasteiger partial charge is 0.282 e. The van der Waals surface area contributed by atoms with E-state index in [1.807, 2.05) is 56.3 Å². The van der Waals surface area contributed by atoms with Crippen LogP contribution in [-0.4, -0.2) is 20.5 Å². The standard InChI is InChI=1S/C22H21ClN4OS/c1-4-8-18-20(14(3)24-16-11-7-9-15(23)13(16)2)21(28)27(26-18)22-25-17-10-5-6-12-19(17)29-22/h5-7,9-12,26H,4,8H2,1-3H3. The van der Waals surface area contributed by atoms with Gasteiger partial charge in [0, 0.05) is 10.7 Å². The Morgan fingerprint density at radius 3 is 2.79 bits per heavy atom. The highest BCUT2D eigenvalue weighted by Gasteiger charge is 2.19. The number of nitrogens with zero attached hydrogens (tertiary/aromatic N) is 3. The molecule has 5 nitrogen and oxygen atoms in total. The van der Waals surface area contributed by atoms with Gasteiger partial charge in [0.1, 0.15) is 0 Å². The molecule has 2 aromatic carbocycles. The van der Waals surface area contributed by atoms with Crippen LogP contribution >= 0.6 is 22.9 Å². The Kier molecular flexibility index (Phi) is 5.39. The Bertz CT molecular complexity index is 1250. The summed E-state index contributed by atoms with van der Waals surface area (Å²) in [6.45, 7) is 5.88. The molecule has 7 heteroatoms. The van der Waals surface area contributed by atoms with E-state index >= 15 is 0 Å². The van der Waals surface area contributed by atoms with Crippen molar-refractivity contribution in [3.63, 3.8) is 0 Å². The van der Waals surface area contributed by atoms with E-state index in [4.69, 9.17) is 16.6 Å². The lowest BCUT2D eigenvalue weighted by Crippen LogP contribution is -2.19. The highest BCUT2D eigenvalue weighted by atomic mass is 35.5. The number of thiazole rings is 1. The highest BCUT2D eigenvalue weighted by Crippen LogP contribution is 2.27. The van der Waals surface area contributed by atoms with E-state index in [9.17, 15) is 4.79 Å². The fourth-order valence-electron chi connectivity index (χ4n) is 3.33. The monoisotopic (exact) mass is 424 g/mol. The normalized spacial score (nSPS) is 12.1. The summed E-state index contributed by atoms with van der Waals surface area (Å²) in [6.07, 6.45) is 1.67. The van der Waals surface area contributed by atoms with E-state index in [1.54, 1.807) is 0 Å². The molecule has 0 bridgehead atoms. The fourth-order valence-corrected chi connectivity index (χ4v) is 4.43. The molecule has 4 aromatic rings. The van der Waals surface area contributed by atoms with Gasteiger partial charge in [-0.05, 0) is 50.1 Å². The topological polar surface area (TPSA) is 63.0 Å². The number of hydrogen-bond donors (Lipinski definition) is 1. The minimum Gasteiger partial charge on any atom is -0.292 e. The van der Waals surface area contributed by atoms with Crippen molar-refractivity contribution < 1.29 is 0 Å². The molecule has 2 heterocycles. The number of aryl methyl sites for hydroxylation is 1. The van der Waals surface area contributed by atoms with Crippen LogP contribution in [0.25, 0.3) is 15.3 Å². The molecule has 0 saturated carbocycles. The third-order valence-electron chi connectivity index (χ3n) is 4.83. The first-order valence-corrected chi connectivity index (χ1v) is 10.7. The van der Waals surface area contributed by atoms with Crippen molar-refractivity contribution in [3.05, 3.63) is 74.7 Å². The molecule has 0 fully saturated rings. The van der Waals surface area contributed by atoms with Crippen LogP contribution in [0.5, 0.6) is 0 Å². The van der Waals surface area contributed by atoms with Gasteiger partial charge in [-0.3, -0.25) is 14.9 Å². The number of aromatic nitrogens is 3. The first-order chi connectivity index (χ1) is 14.0. The third-order valence-corrected chi connectivity index (χ3v) is 6.26. The van der Waals surface area contributed by atoms with Gasteiger partial charge < -0.3 is 0 Å².